The van der Waals surface area contributed by atoms with Gasteiger partial charge in [-0.25, -0.2) is 4.79 Å². The van der Waals surface area contributed by atoms with E-state index >= 15 is 0 Å². The Morgan fingerprint density at radius 1 is 1.55 bits per heavy atom. The summed E-state index contributed by atoms with van der Waals surface area (Å²) in [6.45, 7) is 3.18. The molecule has 0 aliphatic rings. The van der Waals surface area contributed by atoms with Crippen molar-refractivity contribution in [3.8, 4) is 0 Å². The molecule has 0 aliphatic carbocycles. The van der Waals surface area contributed by atoms with Gasteiger partial charge in [0.05, 0.1) is 5.92 Å². The summed E-state index contributed by atoms with van der Waals surface area (Å²) in [5.41, 5.74) is 7.85. The number of nitrogens with zero attached hydrogens (tertiary/aromatic N) is 2. The predicted octanol–water partition coefficient (Wildman–Crippen LogP) is 0.0128. The van der Waals surface area contributed by atoms with Crippen LogP contribution in [0.25, 0.3) is 5.53 Å². The van der Waals surface area contributed by atoms with Gasteiger partial charge < -0.3 is 10.3 Å². The van der Waals surface area contributed by atoms with Gasteiger partial charge in [0.2, 0.25) is 0 Å². The van der Waals surface area contributed by atoms with E-state index in [1.807, 2.05) is 0 Å². The Kier molecular flexibility index (Phi) is 3.77. The summed E-state index contributed by atoms with van der Waals surface area (Å²) in [7, 11) is 0. The quantitative estimate of drug-likeness (QED) is 0.186. The van der Waals surface area contributed by atoms with Crippen molar-refractivity contribution in [2.45, 2.75) is 13.8 Å². The molecule has 60 valence electrons. The molecule has 0 bridgehead atoms. The van der Waals surface area contributed by atoms with Crippen LogP contribution in [0.5, 0.6) is 0 Å². The molecule has 5 nitrogen and oxygen atoms in total. The van der Waals surface area contributed by atoms with Crippen LogP contribution in [-0.4, -0.2) is 22.9 Å². The summed E-state index contributed by atoms with van der Waals surface area (Å²) in [6, 6.07) is 0. The third-order valence-electron chi connectivity index (χ3n) is 0.836. The first-order valence-corrected chi connectivity index (χ1v) is 3.01. The molecule has 0 radical (unpaired) electrons. The molecule has 0 N–H and O–H groups in total. The van der Waals surface area contributed by atoms with E-state index in [1.54, 1.807) is 13.8 Å². The first-order valence-electron chi connectivity index (χ1n) is 3.01. The molecule has 0 heterocycles. The normalized spacial score (nSPS) is 8.64. The zero-order valence-corrected chi connectivity index (χ0v) is 6.27. The fourth-order valence-corrected chi connectivity index (χ4v) is 0.290. The van der Waals surface area contributed by atoms with Gasteiger partial charge in [-0.2, -0.15) is 4.79 Å². The van der Waals surface area contributed by atoms with E-state index in [1.165, 1.54) is 0 Å². The highest BCUT2D eigenvalue weighted by atomic mass is 16.6. The fraction of sp³-hybridized carbons (Fsp3) is 0.500. The van der Waals surface area contributed by atoms with Crippen LogP contribution in [-0.2, 0) is 14.3 Å². The molecule has 0 aromatic rings. The summed E-state index contributed by atoms with van der Waals surface area (Å²) < 4.78 is 4.17. The van der Waals surface area contributed by atoms with E-state index in [-0.39, 0.29) is 5.92 Å². The average Bonchev–Trinajstić information content (AvgIpc) is 1.87. The van der Waals surface area contributed by atoms with Gasteiger partial charge in [-0.05, 0) is 0 Å². The van der Waals surface area contributed by atoms with Crippen molar-refractivity contribution in [1.82, 2.24) is 0 Å². The van der Waals surface area contributed by atoms with Crippen molar-refractivity contribution in [2.24, 2.45) is 5.92 Å². The Morgan fingerprint density at radius 2 is 2.09 bits per heavy atom. The highest BCUT2D eigenvalue weighted by molar-refractivity contribution is 6.23. The molecule has 0 spiro atoms. The summed E-state index contributed by atoms with van der Waals surface area (Å²) in [5.74, 6) is -1.98. The van der Waals surface area contributed by atoms with Gasteiger partial charge in [-0.15, -0.1) is 0 Å². The third kappa shape index (κ3) is 4.00. The average molecular weight is 156 g/mol. The van der Waals surface area contributed by atoms with Crippen molar-refractivity contribution < 1.29 is 19.1 Å². The molecule has 0 aromatic heterocycles. The fourth-order valence-electron chi connectivity index (χ4n) is 0.290. The summed E-state index contributed by atoms with van der Waals surface area (Å²) in [4.78, 5) is 23.4. The highest BCUT2D eigenvalue weighted by Crippen LogP contribution is 1.94. The summed E-state index contributed by atoms with van der Waals surface area (Å²) in [6.07, 6.45) is 0.514. The number of rotatable bonds is 2. The Balaban J connectivity index is 3.95. The Hall–Kier alpha value is -1.48. The zero-order chi connectivity index (χ0) is 8.85. The van der Waals surface area contributed by atoms with Gasteiger partial charge >= 0.3 is 18.2 Å². The maximum Gasteiger partial charge on any atom is 0.421 e. The van der Waals surface area contributed by atoms with Gasteiger partial charge in [0.1, 0.15) is 0 Å². The van der Waals surface area contributed by atoms with Gasteiger partial charge in [0, 0.05) is 0 Å². The number of hydrogen-bond donors (Lipinski definition) is 0. The van der Waals surface area contributed by atoms with E-state index in [0.29, 0.717) is 6.21 Å². The van der Waals surface area contributed by atoms with Gasteiger partial charge in [0.15, 0.2) is 0 Å². The molecule has 0 amide bonds. The van der Waals surface area contributed by atoms with E-state index in [4.69, 9.17) is 5.53 Å². The minimum Gasteiger partial charge on any atom is -0.384 e. The molecule has 0 aliphatic heterocycles. The number of hydrogen-bond acceptors (Lipinski definition) is 3. The van der Waals surface area contributed by atoms with Crippen LogP contribution in [0.1, 0.15) is 13.8 Å². The van der Waals surface area contributed by atoms with Crippen molar-refractivity contribution in [2.75, 3.05) is 0 Å². The SMILES string of the molecule is CC(C)C(=O)OC(=O)C=[N+]=[N-]. The van der Waals surface area contributed by atoms with Gasteiger partial charge in [-0.1, -0.05) is 13.8 Å². The Bertz CT molecular complexity index is 216. The molecule has 0 atom stereocenters. The zero-order valence-electron chi connectivity index (χ0n) is 6.27. The summed E-state index contributed by atoms with van der Waals surface area (Å²) >= 11 is 0. The molecule has 11 heavy (non-hydrogen) atoms. The Morgan fingerprint density at radius 3 is 2.45 bits per heavy atom. The molecule has 5 heteroatoms. The Labute approximate surface area is 63.6 Å². The second-order valence-corrected chi connectivity index (χ2v) is 2.14. The maximum absolute atomic E-state index is 10.6. The smallest absolute Gasteiger partial charge is 0.384 e. The largest absolute Gasteiger partial charge is 0.421 e. The van der Waals surface area contributed by atoms with Crippen molar-refractivity contribution in [1.29, 1.82) is 0 Å². The number of ether oxygens (including phenoxy) is 1. The van der Waals surface area contributed by atoms with Crippen molar-refractivity contribution in [3.05, 3.63) is 5.53 Å². The molecule has 0 aromatic carbocycles. The number of esters is 2. The molecule has 0 unspecified atom stereocenters. The molecular formula is C6H8N2O3. The first kappa shape index (κ1) is 9.52. The van der Waals surface area contributed by atoms with E-state index < -0.39 is 11.9 Å². The van der Waals surface area contributed by atoms with Crippen LogP contribution < -0.4 is 0 Å². The lowest BCUT2D eigenvalue weighted by atomic mass is 10.2. The maximum atomic E-state index is 10.6. The minimum absolute atomic E-state index is 0.369. The second kappa shape index (κ2) is 4.35. The van der Waals surface area contributed by atoms with Crippen LogP contribution in [0.15, 0.2) is 0 Å². The summed E-state index contributed by atoms with van der Waals surface area (Å²) in [5, 5.41) is 0. The lowest BCUT2D eigenvalue weighted by Crippen LogP contribution is -2.17. The van der Waals surface area contributed by atoms with Crippen LogP contribution in [0.4, 0.5) is 0 Å². The van der Waals surface area contributed by atoms with Crippen molar-refractivity contribution >= 4 is 18.2 Å². The van der Waals surface area contributed by atoms with E-state index in [9.17, 15) is 9.59 Å². The third-order valence-corrected chi connectivity index (χ3v) is 0.836. The van der Waals surface area contributed by atoms with Crippen molar-refractivity contribution in [3.63, 3.8) is 0 Å². The molecule has 0 saturated heterocycles. The number of carbonyl (C=O) groups is 2. The van der Waals surface area contributed by atoms with Crippen LogP contribution in [0.2, 0.25) is 0 Å². The minimum atomic E-state index is -0.966. The lowest BCUT2D eigenvalue weighted by Gasteiger charge is -1.98. The highest BCUT2D eigenvalue weighted by Gasteiger charge is 2.14. The van der Waals surface area contributed by atoms with E-state index in [0.717, 1.165) is 0 Å². The molecule has 0 fully saturated rings. The van der Waals surface area contributed by atoms with E-state index in [2.05, 4.69) is 9.53 Å². The van der Waals surface area contributed by atoms with Crippen LogP contribution in [0.3, 0.4) is 0 Å². The second-order valence-electron chi connectivity index (χ2n) is 2.14. The lowest BCUT2D eigenvalue weighted by molar-refractivity contribution is -0.159. The van der Waals surface area contributed by atoms with Gasteiger partial charge in [0.25, 0.3) is 0 Å². The monoisotopic (exact) mass is 156 g/mol. The molecule has 0 rings (SSSR count). The molecule has 0 saturated carbocycles. The molecular weight excluding hydrogens is 148 g/mol. The first-order chi connectivity index (χ1) is 5.07. The standard InChI is InChI=1S/C6H8N2O3/c1-4(2)6(10)11-5(9)3-8-7/h3-4H,1-2H3. The topological polar surface area (TPSA) is 79.8 Å². The van der Waals surface area contributed by atoms with Gasteiger partial charge in [-0.3, -0.25) is 4.79 Å². The number of carbonyl (C=O) groups excluding carboxylic acids is 2. The van der Waals surface area contributed by atoms with Crippen LogP contribution >= 0.6 is 0 Å². The van der Waals surface area contributed by atoms with Crippen LogP contribution in [0, 0.1) is 5.92 Å². The predicted molar refractivity (Wildman–Crippen MR) is 35.6 cm³/mol.